The molecule has 7 heteroatoms. The maximum atomic E-state index is 6.08. The number of aryl methyl sites for hydroxylation is 2. The van der Waals surface area contributed by atoms with Gasteiger partial charge in [-0.05, 0) is 44.1 Å². The number of rotatable bonds is 5. The van der Waals surface area contributed by atoms with Crippen molar-refractivity contribution in [3.8, 4) is 0 Å². The third-order valence-corrected chi connectivity index (χ3v) is 5.38. The molecular formula is C20H38IN5O. The van der Waals surface area contributed by atoms with Crippen LogP contribution in [-0.4, -0.2) is 48.6 Å². The zero-order valence-electron chi connectivity index (χ0n) is 18.1. The Labute approximate surface area is 181 Å². The van der Waals surface area contributed by atoms with E-state index in [4.69, 9.17) is 4.74 Å². The van der Waals surface area contributed by atoms with E-state index in [1.807, 2.05) is 18.8 Å². The van der Waals surface area contributed by atoms with E-state index in [9.17, 15) is 0 Å². The van der Waals surface area contributed by atoms with E-state index in [-0.39, 0.29) is 29.4 Å². The summed E-state index contributed by atoms with van der Waals surface area (Å²) in [5.41, 5.74) is 3.84. The van der Waals surface area contributed by atoms with Crippen molar-refractivity contribution in [1.82, 2.24) is 20.4 Å². The number of guanidine groups is 1. The van der Waals surface area contributed by atoms with Crippen LogP contribution < -0.4 is 10.6 Å². The summed E-state index contributed by atoms with van der Waals surface area (Å²) in [4.78, 5) is 4.37. The molecule has 0 amide bonds. The van der Waals surface area contributed by atoms with Crippen LogP contribution in [0.15, 0.2) is 4.99 Å². The van der Waals surface area contributed by atoms with E-state index >= 15 is 0 Å². The Morgan fingerprint density at radius 1 is 1.30 bits per heavy atom. The van der Waals surface area contributed by atoms with Gasteiger partial charge in [0.15, 0.2) is 5.96 Å². The molecule has 0 aromatic carbocycles. The highest BCUT2D eigenvalue weighted by atomic mass is 127. The van der Waals surface area contributed by atoms with Crippen molar-refractivity contribution < 1.29 is 4.74 Å². The van der Waals surface area contributed by atoms with Crippen LogP contribution in [0.1, 0.15) is 50.6 Å². The first-order valence-corrected chi connectivity index (χ1v) is 9.79. The second-order valence-corrected chi connectivity index (χ2v) is 8.46. The van der Waals surface area contributed by atoms with E-state index in [2.05, 4.69) is 55.3 Å². The lowest BCUT2D eigenvalue weighted by Gasteiger charge is -2.40. The number of nitrogens with one attached hydrogen (secondary N) is 2. The average Bonchev–Trinajstić information content (AvgIpc) is 2.83. The number of aromatic nitrogens is 2. The summed E-state index contributed by atoms with van der Waals surface area (Å²) in [6.07, 6.45) is 3.59. The van der Waals surface area contributed by atoms with Crippen molar-refractivity contribution in [1.29, 1.82) is 0 Å². The van der Waals surface area contributed by atoms with Gasteiger partial charge in [-0.25, -0.2) is 0 Å². The SMILES string of the molecule is CN=C(NCCc1c(C)nn(C)c1C)NCC1CCCOC1C(C)(C)C.I. The zero-order chi connectivity index (χ0) is 19.3. The van der Waals surface area contributed by atoms with Gasteiger partial charge in [0, 0.05) is 45.4 Å². The molecule has 1 aliphatic rings. The summed E-state index contributed by atoms with van der Waals surface area (Å²) in [5, 5.41) is 11.4. The molecule has 1 aromatic heterocycles. The van der Waals surface area contributed by atoms with E-state index in [0.29, 0.717) is 12.0 Å². The first kappa shape index (κ1) is 24.2. The van der Waals surface area contributed by atoms with Crippen molar-refractivity contribution in [3.63, 3.8) is 0 Å². The van der Waals surface area contributed by atoms with E-state index in [0.717, 1.165) is 44.2 Å². The minimum Gasteiger partial charge on any atom is -0.377 e. The number of hydrogen-bond donors (Lipinski definition) is 2. The van der Waals surface area contributed by atoms with Gasteiger partial charge in [-0.3, -0.25) is 9.67 Å². The third-order valence-electron chi connectivity index (χ3n) is 5.38. The van der Waals surface area contributed by atoms with Crippen molar-refractivity contribution in [2.45, 2.75) is 60.0 Å². The summed E-state index contributed by atoms with van der Waals surface area (Å²) in [6, 6.07) is 0. The molecule has 0 radical (unpaired) electrons. The van der Waals surface area contributed by atoms with Gasteiger partial charge in [0.25, 0.3) is 0 Å². The average molecular weight is 491 g/mol. The Bertz CT molecular complexity index is 621. The topological polar surface area (TPSA) is 63.5 Å². The van der Waals surface area contributed by atoms with E-state index < -0.39 is 0 Å². The van der Waals surface area contributed by atoms with Crippen LogP contribution >= 0.6 is 24.0 Å². The first-order chi connectivity index (χ1) is 12.2. The van der Waals surface area contributed by atoms with Crippen LogP contribution in [0.4, 0.5) is 0 Å². The minimum absolute atomic E-state index is 0. The summed E-state index contributed by atoms with van der Waals surface area (Å²) in [5.74, 6) is 1.38. The normalized spacial score (nSPS) is 20.9. The van der Waals surface area contributed by atoms with Gasteiger partial charge >= 0.3 is 0 Å². The molecule has 1 aromatic rings. The molecule has 2 atom stereocenters. The Kier molecular flexibility index (Phi) is 9.54. The number of aliphatic imine (C=N–C) groups is 1. The highest BCUT2D eigenvalue weighted by Crippen LogP contribution is 2.33. The third kappa shape index (κ3) is 6.62. The monoisotopic (exact) mass is 491 g/mol. The lowest BCUT2D eigenvalue weighted by molar-refractivity contribution is -0.0835. The van der Waals surface area contributed by atoms with Crippen LogP contribution in [-0.2, 0) is 18.2 Å². The zero-order valence-corrected chi connectivity index (χ0v) is 20.4. The Morgan fingerprint density at radius 2 is 2.00 bits per heavy atom. The van der Waals surface area contributed by atoms with E-state index in [1.54, 1.807) is 0 Å². The number of nitrogens with zero attached hydrogens (tertiary/aromatic N) is 3. The molecule has 6 nitrogen and oxygen atoms in total. The predicted octanol–water partition coefficient (Wildman–Crippen LogP) is 3.20. The second-order valence-electron chi connectivity index (χ2n) is 8.46. The quantitative estimate of drug-likeness (QED) is 0.377. The van der Waals surface area contributed by atoms with Crippen molar-refractivity contribution >= 4 is 29.9 Å². The van der Waals surface area contributed by atoms with Gasteiger partial charge in [0.2, 0.25) is 0 Å². The largest absolute Gasteiger partial charge is 0.377 e. The Balaban J connectivity index is 0.00000364. The lowest BCUT2D eigenvalue weighted by Crippen LogP contribution is -2.47. The fourth-order valence-electron chi connectivity index (χ4n) is 3.94. The van der Waals surface area contributed by atoms with Crippen molar-refractivity contribution in [2.75, 3.05) is 26.7 Å². The van der Waals surface area contributed by atoms with Gasteiger partial charge in [0.1, 0.15) is 0 Å². The molecule has 2 rings (SSSR count). The molecule has 156 valence electrons. The molecule has 0 aliphatic carbocycles. The lowest BCUT2D eigenvalue weighted by atomic mass is 9.78. The second kappa shape index (κ2) is 10.6. The fourth-order valence-corrected chi connectivity index (χ4v) is 3.94. The predicted molar refractivity (Wildman–Crippen MR) is 123 cm³/mol. The molecule has 1 fully saturated rings. The molecule has 0 spiro atoms. The van der Waals surface area contributed by atoms with Gasteiger partial charge in [0.05, 0.1) is 11.8 Å². The standard InChI is InChI=1S/C20H37N5O.HI/c1-14-17(15(2)25(7)24-14)10-11-22-19(21-6)23-13-16-9-8-12-26-18(16)20(3,4)5;/h16,18H,8-13H2,1-7H3,(H2,21,22,23);1H. The first-order valence-electron chi connectivity index (χ1n) is 9.79. The maximum absolute atomic E-state index is 6.08. The van der Waals surface area contributed by atoms with Crippen LogP contribution in [0.25, 0.3) is 0 Å². The molecule has 27 heavy (non-hydrogen) atoms. The summed E-state index contributed by atoms with van der Waals surface area (Å²) in [7, 11) is 3.83. The number of halogens is 1. The summed E-state index contributed by atoms with van der Waals surface area (Å²) >= 11 is 0. The Morgan fingerprint density at radius 3 is 2.56 bits per heavy atom. The van der Waals surface area contributed by atoms with Gasteiger partial charge < -0.3 is 15.4 Å². The fraction of sp³-hybridized carbons (Fsp3) is 0.800. The highest BCUT2D eigenvalue weighted by molar-refractivity contribution is 14.0. The smallest absolute Gasteiger partial charge is 0.190 e. The highest BCUT2D eigenvalue weighted by Gasteiger charge is 2.35. The summed E-state index contributed by atoms with van der Waals surface area (Å²) in [6.45, 7) is 13.6. The molecule has 2 unspecified atom stereocenters. The number of ether oxygens (including phenoxy) is 1. The molecule has 1 saturated heterocycles. The molecule has 0 saturated carbocycles. The van der Waals surface area contributed by atoms with Gasteiger partial charge in [-0.1, -0.05) is 20.8 Å². The molecule has 2 heterocycles. The molecular weight excluding hydrogens is 453 g/mol. The minimum atomic E-state index is 0. The molecule has 1 aliphatic heterocycles. The maximum Gasteiger partial charge on any atom is 0.190 e. The van der Waals surface area contributed by atoms with Crippen LogP contribution in [0, 0.1) is 25.2 Å². The van der Waals surface area contributed by atoms with Crippen molar-refractivity contribution in [2.24, 2.45) is 23.4 Å². The molecule has 2 N–H and O–H groups in total. The molecule has 0 bridgehead atoms. The van der Waals surface area contributed by atoms with Crippen molar-refractivity contribution in [3.05, 3.63) is 17.0 Å². The van der Waals surface area contributed by atoms with Crippen LogP contribution in [0.5, 0.6) is 0 Å². The Hall–Kier alpha value is -0.830. The van der Waals surface area contributed by atoms with Crippen LogP contribution in [0.3, 0.4) is 0 Å². The number of hydrogen-bond acceptors (Lipinski definition) is 3. The summed E-state index contributed by atoms with van der Waals surface area (Å²) < 4.78 is 8.03. The van der Waals surface area contributed by atoms with Gasteiger partial charge in [-0.15, -0.1) is 24.0 Å². The van der Waals surface area contributed by atoms with E-state index in [1.165, 1.54) is 17.7 Å². The van der Waals surface area contributed by atoms with Gasteiger partial charge in [-0.2, -0.15) is 5.10 Å². The van der Waals surface area contributed by atoms with Crippen LogP contribution in [0.2, 0.25) is 0 Å².